The Balaban J connectivity index is 1.11. The van der Waals surface area contributed by atoms with Gasteiger partial charge in [0.1, 0.15) is 17.7 Å². The van der Waals surface area contributed by atoms with Crippen molar-refractivity contribution in [1.82, 2.24) is 20.5 Å². The van der Waals surface area contributed by atoms with Crippen LogP contribution in [0.5, 0.6) is 0 Å². The number of amides is 2. The molecular weight excluding hydrogens is 445 g/mol. The maximum absolute atomic E-state index is 13.5. The van der Waals surface area contributed by atoms with Crippen LogP contribution >= 0.6 is 0 Å². The zero-order valence-electron chi connectivity index (χ0n) is 19.8. The van der Waals surface area contributed by atoms with E-state index < -0.39 is 6.04 Å². The summed E-state index contributed by atoms with van der Waals surface area (Å²) >= 11 is 0. The number of anilines is 1. The number of carbonyl (C=O) groups excluding carboxylic acids is 2. The van der Waals surface area contributed by atoms with Crippen molar-refractivity contribution in [2.45, 2.75) is 63.1 Å². The minimum absolute atomic E-state index is 0.0329. The predicted octanol–water partition coefficient (Wildman–Crippen LogP) is 2.51. The van der Waals surface area contributed by atoms with E-state index in [9.17, 15) is 14.0 Å². The molecule has 0 radical (unpaired) electrons. The second-order valence-electron chi connectivity index (χ2n) is 10.8. The Kier molecular flexibility index (Phi) is 5.51. The summed E-state index contributed by atoms with van der Waals surface area (Å²) in [4.78, 5) is 33.3. The third kappa shape index (κ3) is 3.97. The summed E-state index contributed by atoms with van der Waals surface area (Å²) in [6.45, 7) is 1.42. The van der Waals surface area contributed by atoms with Gasteiger partial charge in [0.05, 0.1) is 12.1 Å². The number of nitrogens with one attached hydrogen (secondary N) is 2. The van der Waals surface area contributed by atoms with Crippen molar-refractivity contribution in [1.29, 1.82) is 0 Å². The molecule has 35 heavy (non-hydrogen) atoms. The lowest BCUT2D eigenvalue weighted by Crippen LogP contribution is -2.74. The lowest BCUT2D eigenvalue weighted by atomic mass is 9.57. The number of carbonyl (C=O) groups is 2. The van der Waals surface area contributed by atoms with Crippen molar-refractivity contribution in [3.05, 3.63) is 59.0 Å². The van der Waals surface area contributed by atoms with Crippen molar-refractivity contribution in [3.63, 3.8) is 0 Å². The normalized spacial score (nSPS) is 28.3. The number of nitrogens with two attached hydrogens (primary N) is 1. The number of fused-ring (bicyclic) bond motifs is 1. The molecular formula is C27H32FN5O2. The highest BCUT2D eigenvalue weighted by Crippen LogP contribution is 2.53. The summed E-state index contributed by atoms with van der Waals surface area (Å²) < 4.78 is 13.2. The number of nitrogens with zero attached hydrogens (tertiary/aromatic N) is 2. The molecule has 6 rings (SSSR count). The first-order valence-corrected chi connectivity index (χ1v) is 12.8. The highest BCUT2D eigenvalue weighted by molar-refractivity contribution is 5.93. The van der Waals surface area contributed by atoms with Crippen molar-refractivity contribution in [2.24, 2.45) is 11.3 Å². The predicted molar refractivity (Wildman–Crippen MR) is 130 cm³/mol. The van der Waals surface area contributed by atoms with Gasteiger partial charge in [0.25, 0.3) is 0 Å². The van der Waals surface area contributed by atoms with Gasteiger partial charge >= 0.3 is 0 Å². The number of likely N-dealkylation sites (tertiary alicyclic amines) is 1. The van der Waals surface area contributed by atoms with Gasteiger partial charge in [-0.15, -0.1) is 0 Å². The number of nitrogen functional groups attached to an aromatic ring is 1. The molecule has 7 nitrogen and oxygen atoms in total. The molecule has 1 saturated carbocycles. The van der Waals surface area contributed by atoms with Gasteiger partial charge in [-0.25, -0.2) is 9.37 Å². The lowest BCUT2D eigenvalue weighted by molar-refractivity contribution is -0.178. The van der Waals surface area contributed by atoms with E-state index in [-0.39, 0.29) is 35.1 Å². The number of pyridine rings is 1. The van der Waals surface area contributed by atoms with Crippen LogP contribution in [0.3, 0.4) is 0 Å². The largest absolute Gasteiger partial charge is 0.384 e. The molecule has 3 heterocycles. The third-order valence-electron chi connectivity index (χ3n) is 8.61. The number of hydrogen-bond donors (Lipinski definition) is 3. The van der Waals surface area contributed by atoms with E-state index in [1.54, 1.807) is 6.07 Å². The highest BCUT2D eigenvalue weighted by Gasteiger charge is 2.61. The molecule has 2 aliphatic heterocycles. The molecule has 4 aliphatic rings. The number of aryl methyl sites for hydroxylation is 1. The summed E-state index contributed by atoms with van der Waals surface area (Å²) in [5.74, 6) is 0.572. The third-order valence-corrected chi connectivity index (χ3v) is 8.61. The van der Waals surface area contributed by atoms with Gasteiger partial charge in [-0.2, -0.15) is 0 Å². The highest BCUT2D eigenvalue weighted by atomic mass is 19.1. The molecule has 1 aromatic heterocycles. The summed E-state index contributed by atoms with van der Waals surface area (Å²) in [5, 5.41) is 6.62. The molecule has 1 unspecified atom stereocenters. The fourth-order valence-electron chi connectivity index (χ4n) is 6.61. The lowest BCUT2D eigenvalue weighted by Gasteiger charge is -2.61. The van der Waals surface area contributed by atoms with Crippen LogP contribution in [-0.4, -0.2) is 46.9 Å². The molecule has 1 aromatic carbocycles. The van der Waals surface area contributed by atoms with E-state index in [1.807, 2.05) is 23.1 Å². The molecule has 2 saturated heterocycles. The molecule has 0 bridgehead atoms. The average Bonchev–Trinajstić information content (AvgIpc) is 3.40. The van der Waals surface area contributed by atoms with Crippen LogP contribution < -0.4 is 16.4 Å². The molecule has 184 valence electrons. The summed E-state index contributed by atoms with van der Waals surface area (Å²) in [7, 11) is 0. The fourth-order valence-corrected chi connectivity index (χ4v) is 6.61. The quantitative estimate of drug-likeness (QED) is 0.615. The van der Waals surface area contributed by atoms with E-state index in [0.717, 1.165) is 68.3 Å². The van der Waals surface area contributed by atoms with Gasteiger partial charge in [0, 0.05) is 17.7 Å². The summed E-state index contributed by atoms with van der Waals surface area (Å²) in [6.07, 6.45) is 6.26. The SMILES string of the molecule is Nc1ccc2c(n1)CC[C@H]2NC(=O)C1N(C(=O)[C@H]2C[C@H](Cc3ccc(F)cc3)CN2)CC12CCC2. The number of aromatic nitrogens is 1. The van der Waals surface area contributed by atoms with Crippen molar-refractivity contribution in [2.75, 3.05) is 18.8 Å². The maximum Gasteiger partial charge on any atom is 0.243 e. The number of benzene rings is 1. The maximum atomic E-state index is 13.5. The first kappa shape index (κ1) is 22.5. The van der Waals surface area contributed by atoms with E-state index in [0.29, 0.717) is 18.3 Å². The van der Waals surface area contributed by atoms with Crippen LogP contribution in [0.4, 0.5) is 10.2 Å². The topological polar surface area (TPSA) is 100 Å². The number of halogens is 1. The molecule has 4 N–H and O–H groups in total. The molecule has 2 aromatic rings. The Labute approximate surface area is 204 Å². The fraction of sp³-hybridized carbons (Fsp3) is 0.519. The smallest absolute Gasteiger partial charge is 0.243 e. The van der Waals surface area contributed by atoms with Crippen LogP contribution in [0.25, 0.3) is 0 Å². The Morgan fingerprint density at radius 1 is 1.20 bits per heavy atom. The van der Waals surface area contributed by atoms with Crippen LogP contribution in [0, 0.1) is 17.2 Å². The minimum Gasteiger partial charge on any atom is -0.384 e. The summed E-state index contributed by atoms with van der Waals surface area (Å²) in [5.41, 5.74) is 8.83. The van der Waals surface area contributed by atoms with E-state index in [1.165, 1.54) is 12.1 Å². The minimum atomic E-state index is -0.396. The molecule has 8 heteroatoms. The van der Waals surface area contributed by atoms with Gasteiger partial charge in [0.15, 0.2) is 0 Å². The molecule has 3 fully saturated rings. The van der Waals surface area contributed by atoms with Gasteiger partial charge in [-0.05, 0) is 80.3 Å². The zero-order valence-corrected chi connectivity index (χ0v) is 19.8. The van der Waals surface area contributed by atoms with Crippen molar-refractivity contribution >= 4 is 17.6 Å². The zero-order chi connectivity index (χ0) is 24.2. The molecule has 1 spiro atoms. The second-order valence-corrected chi connectivity index (χ2v) is 10.8. The average molecular weight is 478 g/mol. The Bertz CT molecular complexity index is 1150. The first-order valence-electron chi connectivity index (χ1n) is 12.8. The van der Waals surface area contributed by atoms with Gasteiger partial charge in [-0.3, -0.25) is 9.59 Å². The monoisotopic (exact) mass is 477 g/mol. The van der Waals surface area contributed by atoms with Gasteiger partial charge in [0.2, 0.25) is 11.8 Å². The van der Waals surface area contributed by atoms with E-state index in [4.69, 9.17) is 5.73 Å². The van der Waals surface area contributed by atoms with Crippen LogP contribution in [0.1, 0.15) is 55.0 Å². The Morgan fingerprint density at radius 3 is 2.74 bits per heavy atom. The van der Waals surface area contributed by atoms with E-state index in [2.05, 4.69) is 15.6 Å². The second kappa shape index (κ2) is 8.59. The standard InChI is InChI=1S/C27H32FN5O2/c28-18-4-2-16(3-5-18)12-17-13-22(30-14-17)26(35)33-15-27(10-1-11-27)24(33)25(34)32-21-8-7-20-19(21)6-9-23(29)31-20/h2-6,9,17,21-22,24,30H,1,7-8,10-15H2,(H2,29,31)(H,32,34)/t17-,21+,22+,24?/m0/s1. The molecule has 2 amide bonds. The number of rotatable bonds is 5. The van der Waals surface area contributed by atoms with E-state index >= 15 is 0 Å². The Hall–Kier alpha value is -3.00. The Morgan fingerprint density at radius 2 is 2.00 bits per heavy atom. The molecule has 4 atom stereocenters. The van der Waals surface area contributed by atoms with Gasteiger partial charge in [-0.1, -0.05) is 24.6 Å². The van der Waals surface area contributed by atoms with Crippen molar-refractivity contribution in [3.8, 4) is 0 Å². The summed E-state index contributed by atoms with van der Waals surface area (Å²) in [6, 6.07) is 9.58. The number of hydrogen-bond acceptors (Lipinski definition) is 5. The van der Waals surface area contributed by atoms with Gasteiger partial charge < -0.3 is 21.3 Å². The van der Waals surface area contributed by atoms with Crippen LogP contribution in [0.2, 0.25) is 0 Å². The first-order chi connectivity index (χ1) is 16.9. The van der Waals surface area contributed by atoms with Crippen LogP contribution in [0.15, 0.2) is 36.4 Å². The van der Waals surface area contributed by atoms with Crippen molar-refractivity contribution < 1.29 is 14.0 Å². The van der Waals surface area contributed by atoms with Crippen LogP contribution in [-0.2, 0) is 22.4 Å². The molecule has 2 aliphatic carbocycles.